The summed E-state index contributed by atoms with van der Waals surface area (Å²) < 4.78 is 0. The summed E-state index contributed by atoms with van der Waals surface area (Å²) in [7, 11) is 0. The van der Waals surface area contributed by atoms with Gasteiger partial charge in [-0.25, -0.2) is 9.59 Å². The maximum Gasteiger partial charge on any atom is 0.330 e. The van der Waals surface area contributed by atoms with Gasteiger partial charge < -0.3 is 10.2 Å². The van der Waals surface area contributed by atoms with E-state index in [0.717, 1.165) is 18.9 Å². The molecular formula is C20H36O4. The van der Waals surface area contributed by atoms with Crippen LogP contribution in [0.5, 0.6) is 0 Å². The van der Waals surface area contributed by atoms with E-state index in [-0.39, 0.29) is 0 Å². The van der Waals surface area contributed by atoms with Crippen molar-refractivity contribution in [1.82, 2.24) is 0 Å². The Morgan fingerprint density at radius 3 is 1.42 bits per heavy atom. The van der Waals surface area contributed by atoms with Crippen molar-refractivity contribution in [2.45, 2.75) is 90.4 Å². The maximum atomic E-state index is 10.5. The van der Waals surface area contributed by atoms with Gasteiger partial charge in [-0.05, 0) is 12.8 Å². The average Bonchev–Trinajstić information content (AvgIpc) is 2.56. The van der Waals surface area contributed by atoms with Gasteiger partial charge in [0.2, 0.25) is 0 Å². The largest absolute Gasteiger partial charge is 0.478 e. The first-order valence-electron chi connectivity index (χ1n) is 9.22. The Labute approximate surface area is 147 Å². The Hall–Kier alpha value is -1.58. The van der Waals surface area contributed by atoms with E-state index in [2.05, 4.69) is 20.1 Å². The van der Waals surface area contributed by atoms with Crippen LogP contribution in [-0.4, -0.2) is 22.2 Å². The van der Waals surface area contributed by atoms with E-state index >= 15 is 0 Å². The second-order valence-corrected chi connectivity index (χ2v) is 6.09. The van der Waals surface area contributed by atoms with Gasteiger partial charge in [0.1, 0.15) is 0 Å². The molecule has 0 aliphatic carbocycles. The lowest BCUT2D eigenvalue weighted by molar-refractivity contribution is -0.133. The molecule has 0 unspecified atom stereocenters. The fourth-order valence-electron chi connectivity index (χ4n) is 2.29. The smallest absolute Gasteiger partial charge is 0.330 e. The van der Waals surface area contributed by atoms with Gasteiger partial charge >= 0.3 is 11.9 Å². The molecule has 4 heteroatoms. The van der Waals surface area contributed by atoms with Crippen LogP contribution in [0.4, 0.5) is 0 Å². The minimum Gasteiger partial charge on any atom is -0.478 e. The Kier molecular flexibility index (Phi) is 20.0. The summed E-state index contributed by atoms with van der Waals surface area (Å²) in [5.41, 5.74) is 0.354. The van der Waals surface area contributed by atoms with Crippen LogP contribution in [0.15, 0.2) is 24.8 Å². The van der Waals surface area contributed by atoms with Crippen molar-refractivity contribution >= 4 is 11.9 Å². The van der Waals surface area contributed by atoms with Crippen LogP contribution < -0.4 is 0 Å². The van der Waals surface area contributed by atoms with E-state index in [0.29, 0.717) is 12.0 Å². The molecular weight excluding hydrogens is 304 g/mol. The summed E-state index contributed by atoms with van der Waals surface area (Å²) in [5, 5.41) is 16.3. The fraction of sp³-hybridized carbons (Fsp3) is 0.700. The number of aliphatic carboxylic acids is 2. The molecule has 0 bridgehead atoms. The van der Waals surface area contributed by atoms with Crippen LogP contribution in [0.25, 0.3) is 0 Å². The lowest BCUT2D eigenvalue weighted by Crippen LogP contribution is -1.98. The number of carboxylic acids is 2. The van der Waals surface area contributed by atoms with E-state index in [1.807, 2.05) is 0 Å². The first kappa shape index (κ1) is 24.7. The van der Waals surface area contributed by atoms with Gasteiger partial charge in [0, 0.05) is 11.6 Å². The quantitative estimate of drug-likeness (QED) is 0.284. The monoisotopic (exact) mass is 340 g/mol. The molecule has 0 radical (unpaired) electrons. The lowest BCUT2D eigenvalue weighted by Gasteiger charge is -2.03. The molecule has 0 spiro atoms. The molecule has 2 N–H and O–H groups in total. The van der Waals surface area contributed by atoms with Crippen LogP contribution in [0.1, 0.15) is 90.4 Å². The molecule has 4 nitrogen and oxygen atoms in total. The van der Waals surface area contributed by atoms with Crippen molar-refractivity contribution in [3.63, 3.8) is 0 Å². The molecule has 24 heavy (non-hydrogen) atoms. The maximum absolute atomic E-state index is 10.5. The summed E-state index contributed by atoms with van der Waals surface area (Å²) in [5.74, 6) is -1.83. The van der Waals surface area contributed by atoms with Crippen molar-refractivity contribution in [3.05, 3.63) is 24.8 Å². The predicted molar refractivity (Wildman–Crippen MR) is 100 cm³/mol. The number of carbonyl (C=O) groups is 2. The molecule has 0 aromatic rings. The van der Waals surface area contributed by atoms with Gasteiger partial charge in [-0.2, -0.15) is 0 Å². The highest BCUT2D eigenvalue weighted by atomic mass is 16.4. The second kappa shape index (κ2) is 19.5. The zero-order valence-electron chi connectivity index (χ0n) is 15.4. The Morgan fingerprint density at radius 1 is 0.792 bits per heavy atom. The molecule has 0 fully saturated rings. The third-order valence-corrected chi connectivity index (χ3v) is 3.81. The number of hydrogen-bond donors (Lipinski definition) is 2. The van der Waals surface area contributed by atoms with Crippen LogP contribution >= 0.6 is 0 Å². The van der Waals surface area contributed by atoms with Crippen molar-refractivity contribution in [2.24, 2.45) is 0 Å². The third kappa shape index (κ3) is 22.7. The molecule has 0 aromatic heterocycles. The number of rotatable bonds is 15. The van der Waals surface area contributed by atoms with E-state index in [1.165, 1.54) is 64.2 Å². The number of hydrogen-bond acceptors (Lipinski definition) is 2. The van der Waals surface area contributed by atoms with Gasteiger partial charge in [-0.3, -0.25) is 0 Å². The molecule has 0 saturated heterocycles. The highest BCUT2D eigenvalue weighted by Gasteiger charge is 2.02. The van der Waals surface area contributed by atoms with Gasteiger partial charge in [0.15, 0.2) is 0 Å². The standard InChI is InChI=1S/C17H32O2.C3H4O2/c1-3-4-5-6-7-8-9-10-11-12-13-14-15-16(2)17(18)19;1-2-3(4)5/h2-15H2,1H3,(H,18,19);2H,1H2,(H,4,5). The molecule has 0 heterocycles. The Bertz CT molecular complexity index is 348. The SMILES string of the molecule is C=C(CCCCCCCCCCCCCC)C(=O)O.C=CC(=O)O. The predicted octanol–water partition coefficient (Wildman–Crippen LogP) is 5.98. The summed E-state index contributed by atoms with van der Waals surface area (Å²) in [6.07, 6.45) is 17.2. The van der Waals surface area contributed by atoms with Crippen molar-refractivity contribution in [3.8, 4) is 0 Å². The summed E-state index contributed by atoms with van der Waals surface area (Å²) in [6, 6.07) is 0. The van der Waals surface area contributed by atoms with Crippen LogP contribution in [0.3, 0.4) is 0 Å². The molecule has 140 valence electrons. The Morgan fingerprint density at radius 2 is 1.12 bits per heavy atom. The first-order valence-corrected chi connectivity index (χ1v) is 9.22. The summed E-state index contributed by atoms with van der Waals surface area (Å²) in [6.45, 7) is 8.76. The lowest BCUT2D eigenvalue weighted by atomic mass is 10.0. The van der Waals surface area contributed by atoms with Gasteiger partial charge in [-0.1, -0.05) is 90.7 Å². The topological polar surface area (TPSA) is 74.6 Å². The number of unbranched alkanes of at least 4 members (excludes halogenated alkanes) is 11. The third-order valence-electron chi connectivity index (χ3n) is 3.81. The molecule has 0 saturated carbocycles. The molecule has 0 atom stereocenters. The van der Waals surface area contributed by atoms with Crippen molar-refractivity contribution < 1.29 is 19.8 Å². The van der Waals surface area contributed by atoms with E-state index in [9.17, 15) is 9.59 Å². The second-order valence-electron chi connectivity index (χ2n) is 6.09. The summed E-state index contributed by atoms with van der Waals surface area (Å²) >= 11 is 0. The number of carboxylic acid groups (broad SMARTS) is 2. The van der Waals surface area contributed by atoms with E-state index in [4.69, 9.17) is 10.2 Å². The molecule has 0 rings (SSSR count). The molecule has 0 aliphatic rings. The van der Waals surface area contributed by atoms with Crippen molar-refractivity contribution in [2.75, 3.05) is 0 Å². The minimum atomic E-state index is -0.981. The van der Waals surface area contributed by atoms with Crippen LogP contribution in [-0.2, 0) is 9.59 Å². The minimum absolute atomic E-state index is 0.354. The van der Waals surface area contributed by atoms with Crippen molar-refractivity contribution in [1.29, 1.82) is 0 Å². The average molecular weight is 341 g/mol. The van der Waals surface area contributed by atoms with E-state index < -0.39 is 11.9 Å². The summed E-state index contributed by atoms with van der Waals surface area (Å²) in [4.78, 5) is 19.8. The molecule has 0 aliphatic heterocycles. The van der Waals surface area contributed by atoms with Gasteiger partial charge in [0.25, 0.3) is 0 Å². The normalized spacial score (nSPS) is 9.71. The first-order chi connectivity index (χ1) is 11.5. The van der Waals surface area contributed by atoms with Crippen LogP contribution in [0.2, 0.25) is 0 Å². The fourth-order valence-corrected chi connectivity index (χ4v) is 2.29. The van der Waals surface area contributed by atoms with Crippen LogP contribution in [0, 0.1) is 0 Å². The highest BCUT2D eigenvalue weighted by Crippen LogP contribution is 2.13. The Balaban J connectivity index is 0. The van der Waals surface area contributed by atoms with E-state index in [1.54, 1.807) is 0 Å². The zero-order chi connectivity index (χ0) is 18.6. The van der Waals surface area contributed by atoms with Gasteiger partial charge in [-0.15, -0.1) is 0 Å². The molecule has 0 amide bonds. The molecule has 0 aromatic carbocycles. The zero-order valence-corrected chi connectivity index (χ0v) is 15.4. The van der Waals surface area contributed by atoms with Gasteiger partial charge in [0.05, 0.1) is 0 Å². The highest BCUT2D eigenvalue weighted by molar-refractivity contribution is 5.85.